The van der Waals surface area contributed by atoms with Gasteiger partial charge in [-0.15, -0.1) is 0 Å². The molecule has 1 aromatic rings. The van der Waals surface area contributed by atoms with Gasteiger partial charge in [0.15, 0.2) is 0 Å². The van der Waals surface area contributed by atoms with Crippen LogP contribution in [-0.4, -0.2) is 28.6 Å². The first kappa shape index (κ1) is 14.0. The third-order valence-electron chi connectivity index (χ3n) is 1.85. The van der Waals surface area contributed by atoms with Crippen LogP contribution in [0.1, 0.15) is 26.5 Å². The Hall–Kier alpha value is -1.07. The van der Waals surface area contributed by atoms with Crippen molar-refractivity contribution in [3.63, 3.8) is 0 Å². The molecule has 0 saturated carbocycles. The lowest BCUT2D eigenvalue weighted by atomic mass is 10.0. The Morgan fingerprint density at radius 2 is 2.24 bits per heavy atom. The molecule has 0 N–H and O–H groups in total. The SMILES string of the molecule is COc1ccnc(C=N[S+]([O-])CC(C)(C)C)c1. The van der Waals surface area contributed by atoms with Crippen molar-refractivity contribution in [1.82, 2.24) is 4.98 Å². The average Bonchev–Trinajstić information content (AvgIpc) is 2.24. The molecule has 1 atom stereocenters. The summed E-state index contributed by atoms with van der Waals surface area (Å²) in [5, 5.41) is 0. The molecule has 0 spiro atoms. The Kier molecular flexibility index (Phi) is 4.96. The summed E-state index contributed by atoms with van der Waals surface area (Å²) in [6.07, 6.45) is 3.15. The van der Waals surface area contributed by atoms with Gasteiger partial charge in [-0.2, -0.15) is 0 Å². The molecule has 0 aliphatic heterocycles. The fourth-order valence-electron chi connectivity index (χ4n) is 1.15. The van der Waals surface area contributed by atoms with Gasteiger partial charge >= 0.3 is 0 Å². The van der Waals surface area contributed by atoms with Crippen molar-refractivity contribution in [2.45, 2.75) is 20.8 Å². The molecule has 0 saturated heterocycles. The maximum Gasteiger partial charge on any atom is 0.138 e. The Morgan fingerprint density at radius 3 is 2.82 bits per heavy atom. The summed E-state index contributed by atoms with van der Waals surface area (Å²) in [7, 11) is 1.59. The number of methoxy groups -OCH3 is 1. The van der Waals surface area contributed by atoms with Crippen molar-refractivity contribution in [3.05, 3.63) is 24.0 Å². The normalized spacial score (nSPS) is 13.9. The second-order valence-electron chi connectivity index (χ2n) is 4.88. The van der Waals surface area contributed by atoms with Crippen LogP contribution in [0.15, 0.2) is 22.7 Å². The monoisotopic (exact) mass is 254 g/mol. The van der Waals surface area contributed by atoms with Crippen molar-refractivity contribution in [2.24, 2.45) is 9.81 Å². The van der Waals surface area contributed by atoms with Gasteiger partial charge in [0.05, 0.1) is 24.2 Å². The standard InChI is InChI=1S/C12H18N2O2S/c1-12(2,3)9-17(15)14-8-10-7-11(16-4)5-6-13-10/h5-8H,9H2,1-4H3. The molecule has 0 aliphatic carbocycles. The maximum atomic E-state index is 11.6. The third-order valence-corrected chi connectivity index (χ3v) is 3.30. The zero-order valence-electron chi connectivity index (χ0n) is 10.6. The van der Waals surface area contributed by atoms with E-state index in [2.05, 4.69) is 9.38 Å². The number of hydrogen-bond donors (Lipinski definition) is 0. The fraction of sp³-hybridized carbons (Fsp3) is 0.500. The quantitative estimate of drug-likeness (QED) is 0.611. The predicted octanol–water partition coefficient (Wildman–Crippen LogP) is 2.22. The van der Waals surface area contributed by atoms with E-state index in [1.54, 1.807) is 25.4 Å². The number of rotatable bonds is 4. The van der Waals surface area contributed by atoms with E-state index in [0.717, 1.165) is 0 Å². The van der Waals surface area contributed by atoms with Crippen LogP contribution < -0.4 is 4.74 Å². The van der Waals surface area contributed by atoms with Crippen molar-refractivity contribution < 1.29 is 9.29 Å². The fourth-order valence-corrected chi connectivity index (χ4v) is 2.19. The highest BCUT2D eigenvalue weighted by Crippen LogP contribution is 2.17. The topological polar surface area (TPSA) is 57.5 Å². The number of pyridine rings is 1. The average molecular weight is 254 g/mol. The predicted molar refractivity (Wildman–Crippen MR) is 70.8 cm³/mol. The van der Waals surface area contributed by atoms with E-state index in [-0.39, 0.29) is 5.41 Å². The Bertz CT molecular complexity index is 388. The number of hydrogen-bond acceptors (Lipinski definition) is 4. The molecule has 0 aromatic carbocycles. The van der Waals surface area contributed by atoms with Gasteiger partial charge < -0.3 is 9.29 Å². The molecule has 0 amide bonds. The van der Waals surface area contributed by atoms with E-state index in [1.807, 2.05) is 20.8 Å². The zero-order chi connectivity index (χ0) is 12.9. The smallest absolute Gasteiger partial charge is 0.138 e. The molecule has 0 bridgehead atoms. The van der Waals surface area contributed by atoms with Crippen LogP contribution in [0, 0.1) is 5.41 Å². The molecule has 0 aliphatic rings. The third kappa shape index (κ3) is 5.70. The lowest BCUT2D eigenvalue weighted by molar-refractivity contribution is 0.414. The molecule has 1 aromatic heterocycles. The maximum absolute atomic E-state index is 11.6. The summed E-state index contributed by atoms with van der Waals surface area (Å²) in [6, 6.07) is 3.50. The van der Waals surface area contributed by atoms with Crippen LogP contribution in [0.2, 0.25) is 0 Å². The van der Waals surface area contributed by atoms with Crippen LogP contribution >= 0.6 is 0 Å². The van der Waals surface area contributed by atoms with Gasteiger partial charge in [0.25, 0.3) is 0 Å². The lowest BCUT2D eigenvalue weighted by Gasteiger charge is -2.16. The molecule has 17 heavy (non-hydrogen) atoms. The van der Waals surface area contributed by atoms with Crippen LogP contribution in [0.4, 0.5) is 0 Å². The molecule has 94 valence electrons. The minimum absolute atomic E-state index is 0.00398. The van der Waals surface area contributed by atoms with Crippen molar-refractivity contribution >= 4 is 17.6 Å². The summed E-state index contributed by atoms with van der Waals surface area (Å²) in [6.45, 7) is 6.10. The highest BCUT2D eigenvalue weighted by atomic mass is 32.2. The molecule has 1 unspecified atom stereocenters. The Morgan fingerprint density at radius 1 is 1.53 bits per heavy atom. The molecule has 4 nitrogen and oxygen atoms in total. The summed E-state index contributed by atoms with van der Waals surface area (Å²) < 4.78 is 20.7. The van der Waals surface area contributed by atoms with Gasteiger partial charge in [-0.25, -0.2) is 0 Å². The van der Waals surface area contributed by atoms with Crippen LogP contribution in [0.3, 0.4) is 0 Å². The number of ether oxygens (including phenoxy) is 1. The van der Waals surface area contributed by atoms with E-state index in [1.165, 1.54) is 6.21 Å². The van der Waals surface area contributed by atoms with Gasteiger partial charge in [-0.3, -0.25) is 4.98 Å². The lowest BCUT2D eigenvalue weighted by Crippen LogP contribution is -2.19. The van der Waals surface area contributed by atoms with E-state index in [9.17, 15) is 4.55 Å². The van der Waals surface area contributed by atoms with Crippen LogP contribution in [0.25, 0.3) is 0 Å². The van der Waals surface area contributed by atoms with Gasteiger partial charge in [0, 0.05) is 17.7 Å². The molecule has 1 rings (SSSR count). The first-order valence-electron chi connectivity index (χ1n) is 5.33. The Labute approximate surface area is 105 Å². The second kappa shape index (κ2) is 6.02. The molecule has 5 heteroatoms. The van der Waals surface area contributed by atoms with E-state index in [4.69, 9.17) is 4.74 Å². The molecule has 1 heterocycles. The largest absolute Gasteiger partial charge is 0.591 e. The van der Waals surface area contributed by atoms with Gasteiger partial charge in [0.1, 0.15) is 17.7 Å². The van der Waals surface area contributed by atoms with E-state index >= 15 is 0 Å². The van der Waals surface area contributed by atoms with Gasteiger partial charge in [-0.05, 0) is 6.07 Å². The second-order valence-corrected chi connectivity index (χ2v) is 6.02. The van der Waals surface area contributed by atoms with Crippen molar-refractivity contribution in [3.8, 4) is 5.75 Å². The number of nitrogens with zero attached hydrogens (tertiary/aromatic N) is 2. The molecular formula is C12H18N2O2S. The molecular weight excluding hydrogens is 236 g/mol. The first-order chi connectivity index (χ1) is 7.90. The zero-order valence-corrected chi connectivity index (χ0v) is 11.5. The molecule has 0 fully saturated rings. The summed E-state index contributed by atoms with van der Waals surface area (Å²) >= 11 is -1.21. The minimum Gasteiger partial charge on any atom is -0.591 e. The van der Waals surface area contributed by atoms with Gasteiger partial charge in [-0.1, -0.05) is 25.2 Å². The summed E-state index contributed by atoms with van der Waals surface area (Å²) in [5.74, 6) is 1.25. The molecule has 0 radical (unpaired) electrons. The number of aromatic nitrogens is 1. The first-order valence-corrected chi connectivity index (χ1v) is 6.61. The summed E-state index contributed by atoms with van der Waals surface area (Å²) in [5.41, 5.74) is 0.649. The minimum atomic E-state index is -1.21. The summed E-state index contributed by atoms with van der Waals surface area (Å²) in [4.78, 5) is 4.09. The van der Waals surface area contributed by atoms with Gasteiger partial charge in [0.2, 0.25) is 0 Å². The van der Waals surface area contributed by atoms with E-state index < -0.39 is 11.4 Å². The highest BCUT2D eigenvalue weighted by Gasteiger charge is 2.19. The van der Waals surface area contributed by atoms with Crippen molar-refractivity contribution in [1.29, 1.82) is 0 Å². The Balaban J connectivity index is 2.63. The van der Waals surface area contributed by atoms with Crippen LogP contribution in [0.5, 0.6) is 5.75 Å². The highest BCUT2D eigenvalue weighted by molar-refractivity contribution is 7.90. The van der Waals surface area contributed by atoms with E-state index in [0.29, 0.717) is 17.2 Å². The van der Waals surface area contributed by atoms with Crippen LogP contribution in [-0.2, 0) is 11.4 Å². The van der Waals surface area contributed by atoms with Crippen molar-refractivity contribution in [2.75, 3.05) is 12.9 Å².